The third kappa shape index (κ3) is 4.51. The minimum atomic E-state index is -0.640. The molecule has 0 saturated carbocycles. The predicted octanol–water partition coefficient (Wildman–Crippen LogP) is 8.31. The van der Waals surface area contributed by atoms with Gasteiger partial charge < -0.3 is 9.32 Å². The highest BCUT2D eigenvalue weighted by atomic mass is 16.4. The Morgan fingerprint density at radius 3 is 1.92 bits per heavy atom. The van der Waals surface area contributed by atoms with E-state index in [2.05, 4.69) is 29.2 Å². The Kier molecular flexibility index (Phi) is 6.12. The van der Waals surface area contributed by atoms with E-state index < -0.39 is 11.4 Å². The average Bonchev–Trinajstić information content (AvgIpc) is 2.97. The summed E-state index contributed by atoms with van der Waals surface area (Å²) in [5, 5.41) is 2.69. The third-order valence-corrected chi connectivity index (χ3v) is 6.51. The van der Waals surface area contributed by atoms with Gasteiger partial charge in [0.15, 0.2) is 5.78 Å². The lowest BCUT2D eigenvalue weighted by Crippen LogP contribution is -2.12. The van der Waals surface area contributed by atoms with E-state index in [4.69, 9.17) is 4.42 Å². The maximum absolute atomic E-state index is 13.0. The number of nitrogens with zero attached hydrogens (tertiary/aromatic N) is 1. The van der Waals surface area contributed by atoms with Crippen molar-refractivity contribution in [3.05, 3.63) is 155 Å². The molecule has 0 atom stereocenters. The quantitative estimate of drug-likeness (QED) is 0.101. The summed E-state index contributed by atoms with van der Waals surface area (Å²) in [5.41, 5.74) is 3.78. The first-order valence-electron chi connectivity index (χ1n) is 12.4. The SMILES string of the molecule is O=C(/C=C/c1ccc(N(c2ccccc2)c2ccccc2)cc1)c1cc2c(ccc3ccccc32)oc1=O. The Morgan fingerprint density at radius 2 is 1.24 bits per heavy atom. The van der Waals surface area contributed by atoms with Crippen molar-refractivity contribution < 1.29 is 9.21 Å². The first-order valence-corrected chi connectivity index (χ1v) is 12.4. The van der Waals surface area contributed by atoms with Crippen molar-refractivity contribution in [3.8, 4) is 0 Å². The highest BCUT2D eigenvalue weighted by Crippen LogP contribution is 2.34. The zero-order valence-corrected chi connectivity index (χ0v) is 20.5. The second-order valence-electron chi connectivity index (χ2n) is 8.94. The lowest BCUT2D eigenvalue weighted by molar-refractivity contribution is 0.104. The molecule has 6 rings (SSSR count). The van der Waals surface area contributed by atoms with E-state index in [0.29, 0.717) is 5.58 Å². The van der Waals surface area contributed by atoms with E-state index in [1.54, 1.807) is 18.2 Å². The van der Waals surface area contributed by atoms with E-state index in [-0.39, 0.29) is 5.56 Å². The summed E-state index contributed by atoms with van der Waals surface area (Å²) in [6, 6.07) is 41.4. The van der Waals surface area contributed by atoms with E-state index in [1.165, 1.54) is 6.08 Å². The molecule has 5 aromatic carbocycles. The van der Waals surface area contributed by atoms with Crippen LogP contribution in [-0.4, -0.2) is 5.78 Å². The van der Waals surface area contributed by atoms with Crippen molar-refractivity contribution in [2.75, 3.05) is 4.90 Å². The molecule has 0 N–H and O–H groups in total. The number of anilines is 3. The summed E-state index contributed by atoms with van der Waals surface area (Å²) in [5.74, 6) is -0.396. The normalized spacial score (nSPS) is 11.3. The molecule has 0 spiro atoms. The van der Waals surface area contributed by atoms with Crippen molar-refractivity contribution >= 4 is 50.7 Å². The van der Waals surface area contributed by atoms with Crippen LogP contribution in [-0.2, 0) is 0 Å². The summed E-state index contributed by atoms with van der Waals surface area (Å²) in [6.45, 7) is 0. The molecule has 0 aliphatic carbocycles. The summed E-state index contributed by atoms with van der Waals surface area (Å²) >= 11 is 0. The molecular weight excluding hydrogens is 470 g/mol. The maximum Gasteiger partial charge on any atom is 0.347 e. The molecule has 182 valence electrons. The van der Waals surface area contributed by atoms with Gasteiger partial charge >= 0.3 is 5.63 Å². The fourth-order valence-electron chi connectivity index (χ4n) is 4.64. The van der Waals surface area contributed by atoms with Crippen molar-refractivity contribution in [1.82, 2.24) is 0 Å². The number of hydrogen-bond donors (Lipinski definition) is 0. The molecule has 0 aliphatic rings. The summed E-state index contributed by atoms with van der Waals surface area (Å²) < 4.78 is 5.48. The highest BCUT2D eigenvalue weighted by Gasteiger charge is 2.14. The molecule has 1 aromatic heterocycles. The molecule has 0 saturated heterocycles. The van der Waals surface area contributed by atoms with Crippen LogP contribution in [0.25, 0.3) is 27.8 Å². The molecular formula is C34H23NO3. The summed E-state index contributed by atoms with van der Waals surface area (Å²) in [7, 11) is 0. The van der Waals surface area contributed by atoms with E-state index >= 15 is 0 Å². The van der Waals surface area contributed by atoms with Gasteiger partial charge in [-0.3, -0.25) is 4.79 Å². The zero-order chi connectivity index (χ0) is 25.9. The molecule has 0 bridgehead atoms. The van der Waals surface area contributed by atoms with Crippen LogP contribution in [0, 0.1) is 0 Å². The fraction of sp³-hybridized carbons (Fsp3) is 0. The summed E-state index contributed by atoms with van der Waals surface area (Å²) in [6.07, 6.45) is 3.14. The lowest BCUT2D eigenvalue weighted by atomic mass is 10.0. The van der Waals surface area contributed by atoms with Crippen LogP contribution in [0.3, 0.4) is 0 Å². The number of fused-ring (bicyclic) bond motifs is 3. The number of rotatable bonds is 6. The van der Waals surface area contributed by atoms with Gasteiger partial charge in [-0.15, -0.1) is 0 Å². The highest BCUT2D eigenvalue weighted by molar-refractivity contribution is 6.11. The van der Waals surface area contributed by atoms with E-state index in [9.17, 15) is 9.59 Å². The topological polar surface area (TPSA) is 50.5 Å². The van der Waals surface area contributed by atoms with Crippen LogP contribution in [0.4, 0.5) is 17.1 Å². The molecule has 4 heteroatoms. The van der Waals surface area contributed by atoms with Crippen LogP contribution in [0.2, 0.25) is 0 Å². The first kappa shape index (κ1) is 23.2. The minimum Gasteiger partial charge on any atom is -0.422 e. The number of benzene rings is 5. The Balaban J connectivity index is 1.29. The number of para-hydroxylation sites is 2. The minimum absolute atomic E-state index is 0.0149. The standard InChI is InChI=1S/C34H23NO3/c36-32(31-23-30-29-14-8-7-9-25(29)18-22-33(30)38-34(31)37)21-17-24-15-19-28(20-16-24)35(26-10-3-1-4-11-26)27-12-5-2-6-13-27/h1-23H/b21-17+. The lowest BCUT2D eigenvalue weighted by Gasteiger charge is -2.25. The number of allylic oxidation sites excluding steroid dienone is 1. The van der Waals surface area contributed by atoms with E-state index in [1.807, 2.05) is 91.0 Å². The molecule has 0 aliphatic heterocycles. The van der Waals surface area contributed by atoms with Gasteiger partial charge in [0.25, 0.3) is 0 Å². The smallest absolute Gasteiger partial charge is 0.347 e. The summed E-state index contributed by atoms with van der Waals surface area (Å²) in [4.78, 5) is 27.8. The van der Waals surface area contributed by atoms with Gasteiger partial charge in [-0.05, 0) is 70.9 Å². The van der Waals surface area contributed by atoms with Gasteiger partial charge in [0.05, 0.1) is 0 Å². The molecule has 4 nitrogen and oxygen atoms in total. The van der Waals surface area contributed by atoms with E-state index in [0.717, 1.165) is 38.8 Å². The van der Waals surface area contributed by atoms with Gasteiger partial charge in [-0.1, -0.05) is 84.9 Å². The zero-order valence-electron chi connectivity index (χ0n) is 20.5. The van der Waals surface area contributed by atoms with Gasteiger partial charge in [-0.2, -0.15) is 0 Å². The van der Waals surface area contributed by atoms with Crippen molar-refractivity contribution in [2.24, 2.45) is 0 Å². The van der Waals surface area contributed by atoms with Crippen molar-refractivity contribution in [2.45, 2.75) is 0 Å². The maximum atomic E-state index is 13.0. The van der Waals surface area contributed by atoms with Gasteiger partial charge in [0.2, 0.25) is 0 Å². The molecule has 1 heterocycles. The Bertz CT molecular complexity index is 1800. The molecule has 0 amide bonds. The van der Waals surface area contributed by atoms with Crippen molar-refractivity contribution in [1.29, 1.82) is 0 Å². The second-order valence-corrected chi connectivity index (χ2v) is 8.94. The Hall–Kier alpha value is -5.22. The largest absolute Gasteiger partial charge is 0.422 e. The van der Waals surface area contributed by atoms with Gasteiger partial charge in [0, 0.05) is 22.4 Å². The Morgan fingerprint density at radius 1 is 0.632 bits per heavy atom. The molecule has 38 heavy (non-hydrogen) atoms. The van der Waals surface area contributed by atoms with Crippen molar-refractivity contribution in [3.63, 3.8) is 0 Å². The molecule has 0 radical (unpaired) electrons. The number of hydrogen-bond acceptors (Lipinski definition) is 4. The molecule has 6 aromatic rings. The number of carbonyl (C=O) groups excluding carboxylic acids is 1. The van der Waals surface area contributed by atoms with Crippen LogP contribution in [0.1, 0.15) is 15.9 Å². The molecule has 0 unspecified atom stereocenters. The van der Waals surface area contributed by atoms with Crippen LogP contribution in [0.5, 0.6) is 0 Å². The monoisotopic (exact) mass is 493 g/mol. The predicted molar refractivity (Wildman–Crippen MR) is 154 cm³/mol. The Labute approximate surface area is 219 Å². The second kappa shape index (κ2) is 10.0. The first-order chi connectivity index (χ1) is 18.7. The fourth-order valence-corrected chi connectivity index (χ4v) is 4.64. The average molecular weight is 494 g/mol. The van der Waals surface area contributed by atoms with Gasteiger partial charge in [-0.25, -0.2) is 4.79 Å². The molecule has 0 fully saturated rings. The number of carbonyl (C=O) groups is 1. The van der Waals surface area contributed by atoms with Crippen LogP contribution < -0.4 is 10.5 Å². The van der Waals surface area contributed by atoms with Crippen LogP contribution in [0.15, 0.2) is 143 Å². The number of ketones is 1. The van der Waals surface area contributed by atoms with Gasteiger partial charge in [0.1, 0.15) is 11.1 Å². The third-order valence-electron chi connectivity index (χ3n) is 6.51. The van der Waals surface area contributed by atoms with Crippen LogP contribution >= 0.6 is 0 Å².